The first-order chi connectivity index (χ1) is 15.8. The van der Waals surface area contributed by atoms with E-state index in [1.807, 2.05) is 33.9 Å². The van der Waals surface area contributed by atoms with Gasteiger partial charge in [0.2, 0.25) is 10.0 Å². The van der Waals surface area contributed by atoms with Crippen molar-refractivity contribution in [3.63, 3.8) is 0 Å². The average Bonchev–Trinajstić information content (AvgIpc) is 3.37. The van der Waals surface area contributed by atoms with E-state index < -0.39 is 10.0 Å². The summed E-state index contributed by atoms with van der Waals surface area (Å²) in [6, 6.07) is 6.92. The zero-order chi connectivity index (χ0) is 23.8. The van der Waals surface area contributed by atoms with Gasteiger partial charge in [0.15, 0.2) is 0 Å². The number of nitrogens with one attached hydrogen (secondary N) is 1. The van der Waals surface area contributed by atoms with E-state index in [4.69, 9.17) is 0 Å². The summed E-state index contributed by atoms with van der Waals surface area (Å²) in [7, 11) is -1.75. The van der Waals surface area contributed by atoms with Crippen molar-refractivity contribution in [2.45, 2.75) is 44.9 Å². The predicted molar refractivity (Wildman–Crippen MR) is 134 cm³/mol. The Labute approximate surface area is 199 Å². The molecule has 178 valence electrons. The van der Waals surface area contributed by atoms with Crippen molar-refractivity contribution in [3.8, 4) is 0 Å². The van der Waals surface area contributed by atoms with Gasteiger partial charge in [-0.25, -0.2) is 8.42 Å². The van der Waals surface area contributed by atoms with Crippen LogP contribution in [-0.4, -0.2) is 54.6 Å². The monoisotopic (exact) mass is 489 g/mol. The molecule has 0 atom stereocenters. The van der Waals surface area contributed by atoms with E-state index in [-0.39, 0.29) is 10.8 Å². The number of amides is 1. The standard InChI is InChI=1S/C23H31N5O3S2/c1-5-27(6-2)20-11-10-17(33(30,31)28-12-8-7-9-13-28)14-19(20)24-22(29)21-15-18-16(3)25-26(4)23(18)32-21/h10-11,14-15H,5-9,12-13H2,1-4H3,(H,24,29). The number of fused-ring (bicyclic) bond motifs is 1. The summed E-state index contributed by atoms with van der Waals surface area (Å²) in [5.74, 6) is -0.253. The molecular weight excluding hydrogens is 458 g/mol. The number of aryl methyl sites for hydroxylation is 2. The highest BCUT2D eigenvalue weighted by atomic mass is 32.2. The number of aromatic nitrogens is 2. The number of benzene rings is 1. The highest BCUT2D eigenvalue weighted by Gasteiger charge is 2.27. The maximum absolute atomic E-state index is 13.3. The molecule has 1 N–H and O–H groups in total. The van der Waals surface area contributed by atoms with Crippen LogP contribution in [0.2, 0.25) is 0 Å². The maximum atomic E-state index is 13.3. The van der Waals surface area contributed by atoms with Crippen molar-refractivity contribution in [2.75, 3.05) is 36.4 Å². The number of nitrogens with zero attached hydrogens (tertiary/aromatic N) is 4. The lowest BCUT2D eigenvalue weighted by molar-refractivity contribution is 0.103. The Morgan fingerprint density at radius 1 is 1.15 bits per heavy atom. The molecule has 1 aliphatic heterocycles. The van der Waals surface area contributed by atoms with Crippen molar-refractivity contribution in [2.24, 2.45) is 7.05 Å². The van der Waals surface area contributed by atoms with Gasteiger partial charge in [0.1, 0.15) is 4.83 Å². The van der Waals surface area contributed by atoms with Crippen molar-refractivity contribution >= 4 is 48.9 Å². The zero-order valence-corrected chi connectivity index (χ0v) is 21.2. The van der Waals surface area contributed by atoms with E-state index in [1.54, 1.807) is 27.2 Å². The first-order valence-electron chi connectivity index (χ1n) is 11.4. The molecular formula is C23H31N5O3S2. The molecule has 1 aliphatic rings. The lowest BCUT2D eigenvalue weighted by Crippen LogP contribution is -2.35. The fraction of sp³-hybridized carbons (Fsp3) is 0.478. The molecule has 10 heteroatoms. The Bertz CT molecular complexity index is 1230. The third-order valence-corrected chi connectivity index (χ3v) is 9.29. The summed E-state index contributed by atoms with van der Waals surface area (Å²) < 4.78 is 29.9. The lowest BCUT2D eigenvalue weighted by Gasteiger charge is -2.28. The fourth-order valence-corrected chi connectivity index (χ4v) is 6.93. The van der Waals surface area contributed by atoms with Gasteiger partial charge in [-0.3, -0.25) is 9.48 Å². The van der Waals surface area contributed by atoms with Crippen LogP contribution in [-0.2, 0) is 17.1 Å². The summed E-state index contributed by atoms with van der Waals surface area (Å²) in [6.07, 6.45) is 2.81. The molecule has 1 saturated heterocycles. The average molecular weight is 490 g/mol. The zero-order valence-electron chi connectivity index (χ0n) is 19.6. The van der Waals surface area contributed by atoms with Crippen LogP contribution in [0.3, 0.4) is 0 Å². The second-order valence-electron chi connectivity index (χ2n) is 8.31. The molecule has 0 aliphatic carbocycles. The van der Waals surface area contributed by atoms with Gasteiger partial charge in [-0.1, -0.05) is 6.42 Å². The SMILES string of the molecule is CCN(CC)c1ccc(S(=O)(=O)N2CCCCC2)cc1NC(=O)c1cc2c(C)nn(C)c2s1. The Balaban J connectivity index is 1.71. The molecule has 3 heterocycles. The minimum Gasteiger partial charge on any atom is -0.370 e. The van der Waals surface area contributed by atoms with Crippen LogP contribution in [0, 0.1) is 6.92 Å². The molecule has 8 nitrogen and oxygen atoms in total. The van der Waals surface area contributed by atoms with Gasteiger partial charge in [0.25, 0.3) is 5.91 Å². The number of sulfonamides is 1. The minimum absolute atomic E-state index is 0.215. The summed E-state index contributed by atoms with van der Waals surface area (Å²) in [6.45, 7) is 8.55. The van der Waals surface area contributed by atoms with Crippen molar-refractivity contribution in [3.05, 3.63) is 34.8 Å². The first kappa shape index (κ1) is 23.7. The molecule has 4 rings (SSSR count). The molecule has 0 radical (unpaired) electrons. The quantitative estimate of drug-likeness (QED) is 0.537. The van der Waals surface area contributed by atoms with Gasteiger partial charge in [0, 0.05) is 38.6 Å². The normalized spacial score (nSPS) is 15.2. The van der Waals surface area contributed by atoms with E-state index in [9.17, 15) is 13.2 Å². The van der Waals surface area contributed by atoms with E-state index in [2.05, 4.69) is 15.3 Å². The van der Waals surface area contributed by atoms with E-state index in [0.29, 0.717) is 23.7 Å². The predicted octanol–water partition coefficient (Wildman–Crippen LogP) is 4.22. The van der Waals surface area contributed by atoms with Gasteiger partial charge in [-0.15, -0.1) is 11.3 Å². The number of rotatable bonds is 7. The van der Waals surface area contributed by atoms with Crippen LogP contribution < -0.4 is 10.2 Å². The maximum Gasteiger partial charge on any atom is 0.265 e. The molecule has 1 amide bonds. The first-order valence-corrected chi connectivity index (χ1v) is 13.7. The summed E-state index contributed by atoms with van der Waals surface area (Å²) in [5.41, 5.74) is 2.19. The number of carbonyl (C=O) groups excluding carboxylic acids is 1. The summed E-state index contributed by atoms with van der Waals surface area (Å²) in [4.78, 5) is 17.0. The fourth-order valence-electron chi connectivity index (χ4n) is 4.37. The van der Waals surface area contributed by atoms with Crippen LogP contribution in [0.1, 0.15) is 48.5 Å². The van der Waals surface area contributed by atoms with E-state index in [0.717, 1.165) is 53.9 Å². The topological polar surface area (TPSA) is 87.5 Å². The Morgan fingerprint density at radius 3 is 2.48 bits per heavy atom. The van der Waals surface area contributed by atoms with E-state index >= 15 is 0 Å². The van der Waals surface area contributed by atoms with Crippen molar-refractivity contribution in [1.29, 1.82) is 0 Å². The molecule has 3 aromatic rings. The van der Waals surface area contributed by atoms with Gasteiger partial charge in [-0.2, -0.15) is 9.40 Å². The lowest BCUT2D eigenvalue weighted by atomic mass is 10.2. The molecule has 1 fully saturated rings. The highest BCUT2D eigenvalue weighted by molar-refractivity contribution is 7.89. The smallest absolute Gasteiger partial charge is 0.265 e. The summed E-state index contributed by atoms with van der Waals surface area (Å²) in [5, 5.41) is 8.35. The second kappa shape index (κ2) is 9.44. The molecule has 0 spiro atoms. The van der Waals surface area contributed by atoms with Crippen LogP contribution in [0.25, 0.3) is 10.2 Å². The number of hydrogen-bond acceptors (Lipinski definition) is 6. The van der Waals surface area contributed by atoms with Crippen molar-refractivity contribution in [1.82, 2.24) is 14.1 Å². The third-order valence-electron chi connectivity index (χ3n) is 6.19. The van der Waals surface area contributed by atoms with Gasteiger partial charge < -0.3 is 10.2 Å². The number of hydrogen-bond donors (Lipinski definition) is 1. The van der Waals surface area contributed by atoms with E-state index in [1.165, 1.54) is 11.3 Å². The molecule has 2 aromatic heterocycles. The molecule has 1 aromatic carbocycles. The Morgan fingerprint density at radius 2 is 1.85 bits per heavy atom. The number of carbonyl (C=O) groups is 1. The van der Waals surface area contributed by atoms with Gasteiger partial charge >= 0.3 is 0 Å². The minimum atomic E-state index is -3.61. The van der Waals surface area contributed by atoms with Gasteiger partial charge in [0.05, 0.1) is 26.8 Å². The summed E-state index contributed by atoms with van der Waals surface area (Å²) >= 11 is 1.38. The molecule has 0 unspecified atom stereocenters. The highest BCUT2D eigenvalue weighted by Crippen LogP contribution is 2.33. The largest absolute Gasteiger partial charge is 0.370 e. The van der Waals surface area contributed by atoms with Crippen LogP contribution in [0.15, 0.2) is 29.2 Å². The molecule has 0 saturated carbocycles. The second-order valence-corrected chi connectivity index (χ2v) is 11.3. The Hall–Kier alpha value is -2.43. The van der Waals surface area contributed by atoms with Crippen LogP contribution >= 0.6 is 11.3 Å². The Kier molecular flexibility index (Phi) is 6.78. The van der Waals surface area contributed by atoms with Crippen LogP contribution in [0.5, 0.6) is 0 Å². The molecule has 0 bridgehead atoms. The number of thiophene rings is 1. The van der Waals surface area contributed by atoms with Gasteiger partial charge in [-0.05, 0) is 57.9 Å². The third kappa shape index (κ3) is 4.51. The number of piperidine rings is 1. The molecule has 33 heavy (non-hydrogen) atoms. The van der Waals surface area contributed by atoms with Crippen LogP contribution in [0.4, 0.5) is 11.4 Å². The number of anilines is 2. The van der Waals surface area contributed by atoms with Crippen molar-refractivity contribution < 1.29 is 13.2 Å².